The van der Waals surface area contributed by atoms with Crippen LogP contribution in [0.25, 0.3) is 11.1 Å². The van der Waals surface area contributed by atoms with Crippen molar-refractivity contribution in [3.8, 4) is 0 Å². The minimum Gasteiger partial charge on any atom is -0.408 e. The molecule has 5 nitrogen and oxygen atoms in total. The predicted octanol–water partition coefficient (Wildman–Crippen LogP) is 4.13. The van der Waals surface area contributed by atoms with Crippen molar-refractivity contribution in [2.75, 3.05) is 11.9 Å². The molecule has 5 heteroatoms. The maximum atomic E-state index is 11.2. The fraction of sp³-hybridized carbons (Fsp3) is 0.200. The number of nitrogens with zero attached hydrogens (tertiary/aromatic N) is 2. The van der Waals surface area contributed by atoms with Crippen LogP contribution in [0.4, 0.5) is 11.4 Å². The lowest BCUT2D eigenvalue weighted by molar-refractivity contribution is 0.555. The molecule has 0 saturated heterocycles. The van der Waals surface area contributed by atoms with Gasteiger partial charge in [0.1, 0.15) is 0 Å². The molecule has 0 fully saturated rings. The summed E-state index contributed by atoms with van der Waals surface area (Å²) >= 11 is 0. The van der Waals surface area contributed by atoms with Crippen LogP contribution in [0.3, 0.4) is 0 Å². The summed E-state index contributed by atoms with van der Waals surface area (Å²) in [6.45, 7) is 4.44. The second-order valence-electron chi connectivity index (χ2n) is 6.73. The summed E-state index contributed by atoms with van der Waals surface area (Å²) in [7, 11) is 2.08. The molecule has 0 amide bonds. The Balaban J connectivity index is 1.66. The highest BCUT2D eigenvalue weighted by Crippen LogP contribution is 2.46. The zero-order chi connectivity index (χ0) is 17.6. The zero-order valence-corrected chi connectivity index (χ0v) is 14.4. The third kappa shape index (κ3) is 2.48. The number of aromatic nitrogens is 1. The Hall–Kier alpha value is -3.08. The molecule has 3 aromatic rings. The Morgan fingerprint density at radius 3 is 2.80 bits per heavy atom. The second kappa shape index (κ2) is 5.48. The Bertz CT molecular complexity index is 1070. The molecule has 2 heterocycles. The Morgan fingerprint density at radius 2 is 2.00 bits per heavy atom. The zero-order valence-electron chi connectivity index (χ0n) is 14.4. The van der Waals surface area contributed by atoms with E-state index >= 15 is 0 Å². The molecule has 0 spiro atoms. The fourth-order valence-corrected chi connectivity index (χ4v) is 3.51. The van der Waals surface area contributed by atoms with Gasteiger partial charge in [-0.15, -0.1) is 0 Å². The maximum absolute atomic E-state index is 11.2. The Kier molecular flexibility index (Phi) is 3.39. The summed E-state index contributed by atoms with van der Waals surface area (Å²) in [4.78, 5) is 20.5. The molecule has 0 atom stereocenters. The van der Waals surface area contributed by atoms with Gasteiger partial charge in [0.15, 0.2) is 5.58 Å². The van der Waals surface area contributed by atoms with Gasteiger partial charge in [-0.05, 0) is 29.8 Å². The van der Waals surface area contributed by atoms with E-state index in [9.17, 15) is 4.79 Å². The van der Waals surface area contributed by atoms with E-state index < -0.39 is 5.76 Å². The first kappa shape index (κ1) is 15.4. The Morgan fingerprint density at radius 1 is 1.20 bits per heavy atom. The largest absolute Gasteiger partial charge is 0.417 e. The van der Waals surface area contributed by atoms with Gasteiger partial charge in [-0.2, -0.15) is 0 Å². The van der Waals surface area contributed by atoms with Crippen LogP contribution in [0.2, 0.25) is 0 Å². The van der Waals surface area contributed by atoms with E-state index in [4.69, 9.17) is 4.42 Å². The molecule has 4 rings (SSSR count). The number of nitrogens with one attached hydrogen (secondary N) is 1. The summed E-state index contributed by atoms with van der Waals surface area (Å²) < 4.78 is 5.07. The summed E-state index contributed by atoms with van der Waals surface area (Å²) in [6, 6.07) is 13.8. The van der Waals surface area contributed by atoms with Crippen molar-refractivity contribution in [2.24, 2.45) is 4.99 Å². The van der Waals surface area contributed by atoms with Crippen LogP contribution in [0, 0.1) is 0 Å². The molecular weight excluding hydrogens is 314 g/mol. The molecule has 0 aliphatic carbocycles. The van der Waals surface area contributed by atoms with E-state index in [1.807, 2.05) is 12.1 Å². The highest BCUT2D eigenvalue weighted by atomic mass is 16.4. The first-order valence-electron chi connectivity index (χ1n) is 8.18. The third-order valence-electron chi connectivity index (χ3n) is 4.80. The number of hydrogen-bond acceptors (Lipinski definition) is 4. The number of hydrogen-bond donors (Lipinski definition) is 1. The molecule has 0 radical (unpaired) electrons. The summed E-state index contributed by atoms with van der Waals surface area (Å²) in [5, 5.41) is 0. The van der Waals surface area contributed by atoms with Crippen molar-refractivity contribution >= 4 is 28.7 Å². The molecule has 1 aliphatic heterocycles. The number of para-hydroxylation sites is 1. The van der Waals surface area contributed by atoms with Gasteiger partial charge in [-0.3, -0.25) is 9.98 Å². The number of fused-ring (bicyclic) bond motifs is 2. The normalized spacial score (nSPS) is 17.7. The number of aromatic amines is 1. The van der Waals surface area contributed by atoms with Gasteiger partial charge in [0.05, 0.1) is 11.2 Å². The minimum atomic E-state index is -0.453. The number of rotatable bonds is 2. The number of allylic oxidation sites excluding steroid dienone is 2. The van der Waals surface area contributed by atoms with Gasteiger partial charge in [-0.25, -0.2) is 4.79 Å². The van der Waals surface area contributed by atoms with Crippen molar-refractivity contribution in [1.29, 1.82) is 0 Å². The number of oxazole rings is 1. The molecule has 1 aromatic heterocycles. The van der Waals surface area contributed by atoms with Crippen LogP contribution in [-0.4, -0.2) is 18.2 Å². The first-order valence-corrected chi connectivity index (χ1v) is 8.18. The van der Waals surface area contributed by atoms with E-state index in [2.05, 4.69) is 60.0 Å². The van der Waals surface area contributed by atoms with E-state index in [0.29, 0.717) is 11.1 Å². The monoisotopic (exact) mass is 333 g/mol. The van der Waals surface area contributed by atoms with Crippen LogP contribution in [0.1, 0.15) is 19.4 Å². The molecule has 1 N–H and O–H groups in total. The summed E-state index contributed by atoms with van der Waals surface area (Å²) in [5.74, 6) is -0.453. The lowest BCUT2D eigenvalue weighted by atomic mass is 9.84. The fourth-order valence-electron chi connectivity index (χ4n) is 3.51. The van der Waals surface area contributed by atoms with Crippen molar-refractivity contribution in [1.82, 2.24) is 4.98 Å². The topological polar surface area (TPSA) is 61.6 Å². The molecular formula is C20H19N3O2. The van der Waals surface area contributed by atoms with Gasteiger partial charge in [0, 0.05) is 36.1 Å². The van der Waals surface area contributed by atoms with Crippen LogP contribution < -0.4 is 10.7 Å². The summed E-state index contributed by atoms with van der Waals surface area (Å²) in [5.41, 5.74) is 5.58. The van der Waals surface area contributed by atoms with Crippen LogP contribution in [0.5, 0.6) is 0 Å². The molecule has 0 saturated carbocycles. The number of aliphatic imine (C=N–C) groups is 1. The number of likely N-dealkylation sites (N-methyl/N-ethyl adjacent to an activating group) is 1. The highest BCUT2D eigenvalue weighted by molar-refractivity contribution is 5.82. The van der Waals surface area contributed by atoms with E-state index in [1.54, 1.807) is 18.3 Å². The average Bonchev–Trinajstić information content (AvgIpc) is 3.05. The molecule has 2 aromatic carbocycles. The van der Waals surface area contributed by atoms with Crippen molar-refractivity contribution in [3.63, 3.8) is 0 Å². The smallest absolute Gasteiger partial charge is 0.408 e. The summed E-state index contributed by atoms with van der Waals surface area (Å²) in [6.07, 6.45) is 3.84. The van der Waals surface area contributed by atoms with Crippen LogP contribution in [-0.2, 0) is 5.41 Å². The van der Waals surface area contributed by atoms with Crippen molar-refractivity contribution in [2.45, 2.75) is 19.3 Å². The average molecular weight is 333 g/mol. The first-order chi connectivity index (χ1) is 12.0. The lowest BCUT2D eigenvalue weighted by Gasteiger charge is -2.23. The second-order valence-corrected chi connectivity index (χ2v) is 6.73. The minimum absolute atomic E-state index is 0.0747. The molecule has 126 valence electrons. The van der Waals surface area contributed by atoms with Crippen molar-refractivity contribution < 1.29 is 4.42 Å². The van der Waals surface area contributed by atoms with E-state index in [0.717, 1.165) is 5.69 Å². The quantitative estimate of drug-likeness (QED) is 0.717. The van der Waals surface area contributed by atoms with Gasteiger partial charge < -0.3 is 9.32 Å². The van der Waals surface area contributed by atoms with E-state index in [1.165, 1.54) is 16.9 Å². The molecule has 0 bridgehead atoms. The number of benzene rings is 2. The molecule has 25 heavy (non-hydrogen) atoms. The maximum Gasteiger partial charge on any atom is 0.417 e. The standard InChI is InChI=1S/C20H19N3O2/c1-20(2)14-6-4-5-7-16(14)23(3)18(20)10-11-21-13-8-9-15-17(12-13)25-19(24)22-15/h4-12H,1-3H3,(H,22,24)/b18-10-,21-11?. The Labute approximate surface area is 145 Å². The van der Waals surface area contributed by atoms with Gasteiger partial charge in [-0.1, -0.05) is 32.0 Å². The van der Waals surface area contributed by atoms with E-state index in [-0.39, 0.29) is 5.41 Å². The SMILES string of the molecule is CN1/C(=C\C=Nc2ccc3[nH]c(=O)oc3c2)C(C)(C)c2ccccc21. The van der Waals surface area contributed by atoms with Crippen molar-refractivity contribution in [3.05, 3.63) is 70.4 Å². The van der Waals surface area contributed by atoms with Gasteiger partial charge in [0.25, 0.3) is 0 Å². The van der Waals surface area contributed by atoms with Gasteiger partial charge in [0.2, 0.25) is 0 Å². The predicted molar refractivity (Wildman–Crippen MR) is 101 cm³/mol. The lowest BCUT2D eigenvalue weighted by Crippen LogP contribution is -2.22. The highest BCUT2D eigenvalue weighted by Gasteiger charge is 2.37. The molecule has 0 unspecified atom stereocenters. The van der Waals surface area contributed by atoms with Crippen LogP contribution in [0.15, 0.2) is 68.4 Å². The third-order valence-corrected chi connectivity index (χ3v) is 4.80. The van der Waals surface area contributed by atoms with Gasteiger partial charge >= 0.3 is 5.76 Å². The number of anilines is 1. The molecule has 1 aliphatic rings. The number of H-pyrrole nitrogens is 1. The van der Waals surface area contributed by atoms with Crippen LogP contribution >= 0.6 is 0 Å².